The van der Waals surface area contributed by atoms with E-state index in [0.717, 1.165) is 12.5 Å². The second-order valence-electron chi connectivity index (χ2n) is 5.54. The number of epoxide rings is 1. The van der Waals surface area contributed by atoms with E-state index in [2.05, 4.69) is 24.3 Å². The molecule has 0 radical (unpaired) electrons. The number of hydrogen-bond donors (Lipinski definition) is 0. The van der Waals surface area contributed by atoms with Crippen LogP contribution in [0.2, 0.25) is 0 Å². The van der Waals surface area contributed by atoms with Gasteiger partial charge in [0.05, 0.1) is 19.3 Å². The number of hydrogen-bond acceptors (Lipinski definition) is 2. The van der Waals surface area contributed by atoms with Gasteiger partial charge in [-0.15, -0.1) is 0 Å². The minimum atomic E-state index is 0.372. The van der Waals surface area contributed by atoms with Crippen molar-refractivity contribution in [2.24, 2.45) is 5.92 Å². The number of rotatable bonds is 5. The lowest BCUT2D eigenvalue weighted by Gasteiger charge is -2.19. The Labute approximate surface area is 109 Å². The van der Waals surface area contributed by atoms with E-state index >= 15 is 0 Å². The molecule has 2 fully saturated rings. The molecule has 1 aromatic rings. The highest BCUT2D eigenvalue weighted by Gasteiger charge is 2.44. The Balaban J connectivity index is 1.36. The van der Waals surface area contributed by atoms with Crippen LogP contribution >= 0.6 is 0 Å². The number of ether oxygens (including phenoxy) is 2. The monoisotopic (exact) mass is 246 g/mol. The van der Waals surface area contributed by atoms with E-state index in [1.54, 1.807) is 0 Å². The van der Waals surface area contributed by atoms with Crippen LogP contribution in [-0.2, 0) is 16.1 Å². The third kappa shape index (κ3) is 3.12. The molecule has 1 aliphatic heterocycles. The van der Waals surface area contributed by atoms with Crippen molar-refractivity contribution in [3.05, 3.63) is 35.9 Å². The van der Waals surface area contributed by atoms with Crippen LogP contribution < -0.4 is 0 Å². The van der Waals surface area contributed by atoms with Crippen molar-refractivity contribution in [3.8, 4) is 0 Å². The predicted molar refractivity (Wildman–Crippen MR) is 71.3 cm³/mol. The molecule has 1 saturated heterocycles. The minimum Gasteiger partial charge on any atom is -0.374 e. The molecule has 0 amide bonds. The van der Waals surface area contributed by atoms with Crippen LogP contribution in [0.3, 0.4) is 0 Å². The van der Waals surface area contributed by atoms with Crippen LogP contribution in [0.25, 0.3) is 0 Å². The summed E-state index contributed by atoms with van der Waals surface area (Å²) in [6.07, 6.45) is 7.79. The first kappa shape index (κ1) is 12.2. The molecule has 98 valence electrons. The highest BCUT2D eigenvalue weighted by atomic mass is 16.6. The molecule has 0 bridgehead atoms. The van der Waals surface area contributed by atoms with Crippen LogP contribution in [0, 0.1) is 5.92 Å². The van der Waals surface area contributed by atoms with Crippen LogP contribution in [0.5, 0.6) is 0 Å². The van der Waals surface area contributed by atoms with Crippen LogP contribution in [-0.4, -0.2) is 18.8 Å². The topological polar surface area (TPSA) is 21.8 Å². The van der Waals surface area contributed by atoms with Gasteiger partial charge in [0.15, 0.2) is 0 Å². The quantitative estimate of drug-likeness (QED) is 0.741. The minimum absolute atomic E-state index is 0.372. The highest BCUT2D eigenvalue weighted by Crippen LogP contribution is 2.38. The predicted octanol–water partition coefficient (Wildman–Crippen LogP) is 3.55. The lowest BCUT2D eigenvalue weighted by molar-refractivity contribution is 0.104. The first-order valence-electron chi connectivity index (χ1n) is 7.20. The first-order valence-corrected chi connectivity index (χ1v) is 7.20. The van der Waals surface area contributed by atoms with Crippen molar-refractivity contribution in [3.63, 3.8) is 0 Å². The normalized spacial score (nSPS) is 28.2. The summed E-state index contributed by atoms with van der Waals surface area (Å²) in [5.41, 5.74) is 1.24. The van der Waals surface area contributed by atoms with E-state index in [0.29, 0.717) is 18.8 Å². The van der Waals surface area contributed by atoms with Gasteiger partial charge in [0.2, 0.25) is 0 Å². The van der Waals surface area contributed by atoms with Gasteiger partial charge in [-0.25, -0.2) is 0 Å². The van der Waals surface area contributed by atoms with E-state index in [4.69, 9.17) is 9.47 Å². The molecular weight excluding hydrogens is 224 g/mol. The maximum absolute atomic E-state index is 5.77. The molecule has 2 nitrogen and oxygen atoms in total. The molecule has 0 aromatic heterocycles. The molecule has 0 N–H and O–H groups in total. The van der Waals surface area contributed by atoms with Gasteiger partial charge in [0.1, 0.15) is 6.10 Å². The average molecular weight is 246 g/mol. The maximum atomic E-state index is 5.77. The van der Waals surface area contributed by atoms with Gasteiger partial charge in [-0.1, -0.05) is 49.6 Å². The highest BCUT2D eigenvalue weighted by molar-refractivity contribution is 5.13. The lowest BCUT2D eigenvalue weighted by Crippen LogP contribution is -2.16. The zero-order chi connectivity index (χ0) is 12.2. The average Bonchev–Trinajstić information content (AvgIpc) is 3.21. The second-order valence-corrected chi connectivity index (χ2v) is 5.54. The fourth-order valence-corrected chi connectivity index (χ4v) is 3.04. The van der Waals surface area contributed by atoms with Gasteiger partial charge in [-0.3, -0.25) is 0 Å². The maximum Gasteiger partial charge on any atom is 0.108 e. The molecule has 0 spiro atoms. The Bertz CT molecular complexity index is 357. The zero-order valence-electron chi connectivity index (χ0n) is 10.9. The van der Waals surface area contributed by atoms with Gasteiger partial charge in [0, 0.05) is 0 Å². The summed E-state index contributed by atoms with van der Waals surface area (Å²) in [4.78, 5) is 0. The van der Waals surface area contributed by atoms with E-state index in [1.807, 2.05) is 6.07 Å². The molecule has 1 aliphatic carbocycles. The Morgan fingerprint density at radius 3 is 2.61 bits per heavy atom. The Kier molecular flexibility index (Phi) is 3.96. The Morgan fingerprint density at radius 1 is 1.06 bits per heavy atom. The molecule has 2 heteroatoms. The summed E-state index contributed by atoms with van der Waals surface area (Å²) >= 11 is 0. The summed E-state index contributed by atoms with van der Waals surface area (Å²) < 4.78 is 11.5. The first-order chi connectivity index (χ1) is 8.93. The summed E-state index contributed by atoms with van der Waals surface area (Å²) in [6.45, 7) is 1.47. The van der Waals surface area contributed by atoms with Crippen molar-refractivity contribution in [2.45, 2.75) is 50.9 Å². The largest absolute Gasteiger partial charge is 0.374 e. The number of benzene rings is 1. The molecule has 0 unspecified atom stereocenters. The van der Waals surface area contributed by atoms with Crippen molar-refractivity contribution >= 4 is 0 Å². The lowest BCUT2D eigenvalue weighted by atomic mass is 9.86. The van der Waals surface area contributed by atoms with E-state index in [9.17, 15) is 0 Å². The van der Waals surface area contributed by atoms with Gasteiger partial charge >= 0.3 is 0 Å². The Morgan fingerprint density at radius 2 is 1.83 bits per heavy atom. The summed E-state index contributed by atoms with van der Waals surface area (Å²) in [5.74, 6) is 0.809. The van der Waals surface area contributed by atoms with Gasteiger partial charge in [0.25, 0.3) is 0 Å². The summed E-state index contributed by atoms with van der Waals surface area (Å²) in [5, 5.41) is 0. The molecule has 1 heterocycles. The van der Waals surface area contributed by atoms with E-state index in [-0.39, 0.29) is 0 Å². The van der Waals surface area contributed by atoms with Gasteiger partial charge < -0.3 is 9.47 Å². The van der Waals surface area contributed by atoms with E-state index < -0.39 is 0 Å². The molecule has 1 aromatic carbocycles. The van der Waals surface area contributed by atoms with Crippen molar-refractivity contribution in [1.82, 2.24) is 0 Å². The second kappa shape index (κ2) is 5.85. The molecule has 1 saturated carbocycles. The summed E-state index contributed by atoms with van der Waals surface area (Å²) in [6, 6.07) is 10.3. The molecule has 18 heavy (non-hydrogen) atoms. The molecular formula is C16H22O2. The van der Waals surface area contributed by atoms with Crippen molar-refractivity contribution in [1.29, 1.82) is 0 Å². The van der Waals surface area contributed by atoms with Crippen LogP contribution in [0.15, 0.2) is 30.3 Å². The fraction of sp³-hybridized carbons (Fsp3) is 0.625. The Hall–Kier alpha value is -0.860. The van der Waals surface area contributed by atoms with Crippen LogP contribution in [0.1, 0.15) is 37.7 Å². The molecule has 2 atom stereocenters. The standard InChI is InChI=1S/C16H22O2/c1-3-7-13(8-4-1)11-17-12-15-16(18-15)14-9-5-2-6-10-14/h1,3-4,7-8,14-16H,2,5-6,9-12H2/t15-,16-/m1/s1. The van der Waals surface area contributed by atoms with Crippen molar-refractivity contribution in [2.75, 3.05) is 6.61 Å². The third-order valence-corrected chi connectivity index (χ3v) is 4.13. The van der Waals surface area contributed by atoms with Gasteiger partial charge in [-0.05, 0) is 24.3 Å². The smallest absolute Gasteiger partial charge is 0.108 e. The summed E-state index contributed by atoms with van der Waals surface area (Å²) in [7, 11) is 0. The SMILES string of the molecule is c1ccc(COC[C@H]2O[C@@H]2C2CCCCC2)cc1. The fourth-order valence-electron chi connectivity index (χ4n) is 3.04. The third-order valence-electron chi connectivity index (χ3n) is 4.13. The molecule has 3 rings (SSSR count). The van der Waals surface area contributed by atoms with Gasteiger partial charge in [-0.2, -0.15) is 0 Å². The van der Waals surface area contributed by atoms with E-state index in [1.165, 1.54) is 37.7 Å². The zero-order valence-corrected chi connectivity index (χ0v) is 10.9. The van der Waals surface area contributed by atoms with Crippen LogP contribution in [0.4, 0.5) is 0 Å². The molecule has 2 aliphatic rings. The van der Waals surface area contributed by atoms with Crippen molar-refractivity contribution < 1.29 is 9.47 Å².